The first-order valence-corrected chi connectivity index (χ1v) is 6.28. The molecule has 0 bridgehead atoms. The Morgan fingerprint density at radius 2 is 2.26 bits per heavy atom. The molecule has 0 radical (unpaired) electrons. The molecule has 0 saturated carbocycles. The van der Waals surface area contributed by atoms with Gasteiger partial charge in [-0.05, 0) is 25.5 Å². The Morgan fingerprint density at radius 3 is 2.89 bits per heavy atom. The van der Waals surface area contributed by atoms with Gasteiger partial charge < -0.3 is 14.8 Å². The molecule has 1 atom stereocenters. The molecule has 104 valence electrons. The van der Waals surface area contributed by atoms with Crippen molar-refractivity contribution in [2.24, 2.45) is 0 Å². The van der Waals surface area contributed by atoms with Gasteiger partial charge >= 0.3 is 0 Å². The molecule has 1 aromatic carbocycles. The average molecular weight is 266 g/mol. The first kappa shape index (κ1) is 13.8. The predicted octanol–water partition coefficient (Wildman–Crippen LogP) is 1.58. The second kappa shape index (κ2) is 5.99. The van der Waals surface area contributed by atoms with Gasteiger partial charge in [-0.1, -0.05) is 0 Å². The molecule has 6 heteroatoms. The summed E-state index contributed by atoms with van der Waals surface area (Å²) in [6.45, 7) is 6.27. The highest BCUT2D eigenvalue weighted by Gasteiger charge is 2.17. The van der Waals surface area contributed by atoms with E-state index in [1.165, 1.54) is 6.07 Å². The Labute approximate surface area is 111 Å². The van der Waals surface area contributed by atoms with Gasteiger partial charge in [0.1, 0.15) is 18.5 Å². The molecule has 1 fully saturated rings. The number of nitrogens with one attached hydrogen (secondary N) is 1. The van der Waals surface area contributed by atoms with E-state index in [2.05, 4.69) is 5.32 Å². The predicted molar refractivity (Wildman–Crippen MR) is 70.7 cm³/mol. The first-order chi connectivity index (χ1) is 9.08. The van der Waals surface area contributed by atoms with E-state index in [1.54, 1.807) is 13.0 Å². The lowest BCUT2D eigenvalue weighted by molar-refractivity contribution is -0.385. The highest BCUT2D eigenvalue weighted by molar-refractivity contribution is 5.49. The summed E-state index contributed by atoms with van der Waals surface area (Å²) in [5.41, 5.74) is 1.63. The van der Waals surface area contributed by atoms with Gasteiger partial charge in [0, 0.05) is 18.7 Å². The summed E-state index contributed by atoms with van der Waals surface area (Å²) >= 11 is 0. The lowest BCUT2D eigenvalue weighted by Gasteiger charge is -2.24. The molecule has 2 rings (SSSR count). The van der Waals surface area contributed by atoms with Crippen molar-refractivity contribution in [2.75, 3.05) is 26.3 Å². The van der Waals surface area contributed by atoms with E-state index in [4.69, 9.17) is 9.47 Å². The molecule has 1 aromatic rings. The molecule has 1 aliphatic rings. The maximum atomic E-state index is 10.9. The van der Waals surface area contributed by atoms with Crippen molar-refractivity contribution in [3.05, 3.63) is 33.4 Å². The third kappa shape index (κ3) is 3.42. The Kier molecular flexibility index (Phi) is 4.34. The van der Waals surface area contributed by atoms with Crippen molar-refractivity contribution in [3.8, 4) is 5.75 Å². The monoisotopic (exact) mass is 266 g/mol. The Morgan fingerprint density at radius 1 is 1.47 bits per heavy atom. The number of morpholine rings is 1. The maximum absolute atomic E-state index is 10.9. The fraction of sp³-hybridized carbons (Fsp3) is 0.538. The fourth-order valence-corrected chi connectivity index (χ4v) is 2.08. The summed E-state index contributed by atoms with van der Waals surface area (Å²) < 4.78 is 11.2. The Bertz CT molecular complexity index is 470. The molecule has 1 saturated heterocycles. The number of hydrogen-bond acceptors (Lipinski definition) is 5. The zero-order valence-electron chi connectivity index (χ0n) is 11.1. The summed E-state index contributed by atoms with van der Waals surface area (Å²) in [5.74, 6) is 0.548. The molecule has 1 aliphatic heterocycles. The Balaban J connectivity index is 2.06. The molecule has 0 spiro atoms. The maximum Gasteiger partial charge on any atom is 0.276 e. The van der Waals surface area contributed by atoms with Gasteiger partial charge in [0.05, 0.1) is 17.6 Å². The van der Waals surface area contributed by atoms with Crippen molar-refractivity contribution in [2.45, 2.75) is 20.0 Å². The van der Waals surface area contributed by atoms with E-state index in [1.807, 2.05) is 6.92 Å². The summed E-state index contributed by atoms with van der Waals surface area (Å²) in [6.07, 6.45) is -0.00601. The van der Waals surface area contributed by atoms with Crippen molar-refractivity contribution in [1.82, 2.24) is 5.32 Å². The summed E-state index contributed by atoms with van der Waals surface area (Å²) in [6, 6.07) is 3.26. The van der Waals surface area contributed by atoms with Gasteiger partial charge in [0.15, 0.2) is 0 Å². The number of ether oxygens (including phenoxy) is 2. The molecule has 1 heterocycles. The third-order valence-electron chi connectivity index (χ3n) is 3.12. The molecular weight excluding hydrogens is 248 g/mol. The van der Waals surface area contributed by atoms with Gasteiger partial charge in [-0.3, -0.25) is 10.1 Å². The van der Waals surface area contributed by atoms with Gasteiger partial charge in [-0.25, -0.2) is 0 Å². The molecule has 6 nitrogen and oxygen atoms in total. The summed E-state index contributed by atoms with van der Waals surface area (Å²) in [5, 5.41) is 14.1. The minimum Gasteiger partial charge on any atom is -0.490 e. The van der Waals surface area contributed by atoms with Crippen LogP contribution in [0, 0.1) is 24.0 Å². The van der Waals surface area contributed by atoms with Crippen molar-refractivity contribution >= 4 is 5.69 Å². The van der Waals surface area contributed by atoms with Crippen molar-refractivity contribution in [3.63, 3.8) is 0 Å². The van der Waals surface area contributed by atoms with E-state index < -0.39 is 0 Å². The van der Waals surface area contributed by atoms with Gasteiger partial charge in [-0.2, -0.15) is 0 Å². The van der Waals surface area contributed by atoms with Crippen LogP contribution >= 0.6 is 0 Å². The number of rotatable bonds is 4. The zero-order valence-corrected chi connectivity index (χ0v) is 11.1. The third-order valence-corrected chi connectivity index (χ3v) is 3.12. The minimum absolute atomic E-state index is 0.00601. The number of aryl methyl sites for hydroxylation is 2. The molecular formula is C13H18N2O4. The van der Waals surface area contributed by atoms with Crippen LogP contribution < -0.4 is 10.1 Å². The SMILES string of the molecule is Cc1cc(C)c([N+](=O)[O-])cc1OCC1CNCCO1. The average Bonchev–Trinajstić information content (AvgIpc) is 2.38. The van der Waals surface area contributed by atoms with E-state index in [9.17, 15) is 10.1 Å². The second-order valence-electron chi connectivity index (χ2n) is 4.67. The largest absolute Gasteiger partial charge is 0.490 e. The lowest BCUT2D eigenvalue weighted by atomic mass is 10.1. The molecule has 0 aromatic heterocycles. The number of nitro benzene ring substituents is 1. The van der Waals surface area contributed by atoms with Crippen LogP contribution in [-0.4, -0.2) is 37.3 Å². The van der Waals surface area contributed by atoms with Crippen LogP contribution in [0.4, 0.5) is 5.69 Å². The van der Waals surface area contributed by atoms with Crippen LogP contribution in [0.15, 0.2) is 12.1 Å². The number of hydrogen-bond donors (Lipinski definition) is 1. The van der Waals surface area contributed by atoms with Crippen LogP contribution in [0.5, 0.6) is 5.75 Å². The molecule has 19 heavy (non-hydrogen) atoms. The standard InChI is InChI=1S/C13H18N2O4/c1-9-5-10(2)13(6-12(9)15(16)17)19-8-11-7-14-3-4-18-11/h5-6,11,14H,3-4,7-8H2,1-2H3. The van der Waals surface area contributed by atoms with Crippen LogP contribution in [0.3, 0.4) is 0 Å². The van der Waals surface area contributed by atoms with Crippen molar-refractivity contribution < 1.29 is 14.4 Å². The fourth-order valence-electron chi connectivity index (χ4n) is 2.08. The number of nitrogens with zero attached hydrogens (tertiary/aromatic N) is 1. The Hall–Kier alpha value is -1.66. The summed E-state index contributed by atoms with van der Waals surface area (Å²) in [7, 11) is 0. The summed E-state index contributed by atoms with van der Waals surface area (Å²) in [4.78, 5) is 10.5. The number of benzene rings is 1. The molecule has 1 unspecified atom stereocenters. The molecule has 1 N–H and O–H groups in total. The van der Waals surface area contributed by atoms with Gasteiger partial charge in [-0.15, -0.1) is 0 Å². The molecule has 0 aliphatic carbocycles. The van der Waals surface area contributed by atoms with Gasteiger partial charge in [0.2, 0.25) is 0 Å². The van der Waals surface area contributed by atoms with Crippen LogP contribution in [0.25, 0.3) is 0 Å². The normalized spacial score (nSPS) is 19.2. The smallest absolute Gasteiger partial charge is 0.276 e. The van der Waals surface area contributed by atoms with Crippen LogP contribution in [0.1, 0.15) is 11.1 Å². The zero-order chi connectivity index (χ0) is 13.8. The topological polar surface area (TPSA) is 73.6 Å². The van der Waals surface area contributed by atoms with E-state index in [0.29, 0.717) is 24.5 Å². The first-order valence-electron chi connectivity index (χ1n) is 6.28. The molecule has 0 amide bonds. The number of nitro groups is 1. The van der Waals surface area contributed by atoms with Crippen molar-refractivity contribution in [1.29, 1.82) is 0 Å². The second-order valence-corrected chi connectivity index (χ2v) is 4.67. The van der Waals surface area contributed by atoms with Gasteiger partial charge in [0.25, 0.3) is 5.69 Å². The minimum atomic E-state index is -0.389. The highest BCUT2D eigenvalue weighted by Crippen LogP contribution is 2.28. The van der Waals surface area contributed by atoms with E-state index >= 15 is 0 Å². The quantitative estimate of drug-likeness (QED) is 0.661. The highest BCUT2D eigenvalue weighted by atomic mass is 16.6. The van der Waals surface area contributed by atoms with E-state index in [-0.39, 0.29) is 16.7 Å². The van der Waals surface area contributed by atoms with Crippen LogP contribution in [-0.2, 0) is 4.74 Å². The van der Waals surface area contributed by atoms with Crippen LogP contribution in [0.2, 0.25) is 0 Å². The van der Waals surface area contributed by atoms with E-state index in [0.717, 1.165) is 18.7 Å². The lowest BCUT2D eigenvalue weighted by Crippen LogP contribution is -2.41.